The maximum absolute atomic E-state index is 9.56. The Morgan fingerprint density at radius 2 is 2.46 bits per heavy atom. The van der Waals surface area contributed by atoms with E-state index in [1.807, 2.05) is 6.92 Å². The summed E-state index contributed by atoms with van der Waals surface area (Å²) in [6, 6.07) is 0.197. The van der Waals surface area contributed by atoms with Gasteiger partial charge in [0, 0.05) is 24.0 Å². The summed E-state index contributed by atoms with van der Waals surface area (Å²) < 4.78 is 0. The zero-order valence-corrected chi connectivity index (χ0v) is 7.93. The Morgan fingerprint density at radius 1 is 1.69 bits per heavy atom. The predicted molar refractivity (Wildman–Crippen MR) is 50.3 cm³/mol. The summed E-state index contributed by atoms with van der Waals surface area (Å²) in [6.45, 7) is 4.26. The lowest BCUT2D eigenvalue weighted by atomic mass is 10.0. The van der Waals surface area contributed by atoms with Crippen LogP contribution in [-0.4, -0.2) is 41.8 Å². The second-order valence-electron chi connectivity index (χ2n) is 3.44. The normalized spacial score (nSPS) is 29.7. The van der Waals surface area contributed by atoms with Crippen LogP contribution in [0.2, 0.25) is 0 Å². The zero-order valence-electron chi connectivity index (χ0n) is 7.93. The third-order valence-electron chi connectivity index (χ3n) is 2.63. The lowest BCUT2D eigenvalue weighted by molar-refractivity contribution is 0.0218. The van der Waals surface area contributed by atoms with Gasteiger partial charge in [-0.3, -0.25) is 4.90 Å². The lowest BCUT2D eigenvalue weighted by Gasteiger charge is -2.36. The second-order valence-corrected chi connectivity index (χ2v) is 3.44. The molecule has 1 rings (SSSR count). The van der Waals surface area contributed by atoms with Crippen molar-refractivity contribution in [3.8, 4) is 0 Å². The van der Waals surface area contributed by atoms with Crippen molar-refractivity contribution in [2.24, 2.45) is 5.11 Å². The molecular formula is C8H16N4O. The maximum atomic E-state index is 9.56. The molecule has 1 fully saturated rings. The predicted octanol–water partition coefficient (Wildman–Crippen LogP) is 1.14. The van der Waals surface area contributed by atoms with Gasteiger partial charge in [-0.15, -0.1) is 0 Å². The van der Waals surface area contributed by atoms with Gasteiger partial charge in [0.05, 0.1) is 6.10 Å². The molecule has 0 amide bonds. The van der Waals surface area contributed by atoms with Crippen LogP contribution in [0.3, 0.4) is 0 Å². The average molecular weight is 184 g/mol. The van der Waals surface area contributed by atoms with E-state index in [1.54, 1.807) is 0 Å². The van der Waals surface area contributed by atoms with Crippen LogP contribution in [0.25, 0.3) is 10.4 Å². The van der Waals surface area contributed by atoms with Crippen LogP contribution in [-0.2, 0) is 0 Å². The van der Waals surface area contributed by atoms with Crippen LogP contribution in [0.4, 0.5) is 0 Å². The number of aliphatic hydroxyl groups is 1. The van der Waals surface area contributed by atoms with Crippen molar-refractivity contribution in [3.05, 3.63) is 10.4 Å². The number of likely N-dealkylation sites (tertiary alicyclic amines) is 1. The molecule has 1 aliphatic rings. The largest absolute Gasteiger partial charge is 0.392 e. The summed E-state index contributed by atoms with van der Waals surface area (Å²) in [5.41, 5.74) is 8.10. The van der Waals surface area contributed by atoms with E-state index in [0.717, 1.165) is 25.9 Å². The Hall–Kier alpha value is -0.770. The highest BCUT2D eigenvalue weighted by Gasteiger charge is 2.25. The van der Waals surface area contributed by atoms with Crippen LogP contribution >= 0.6 is 0 Å². The number of nitrogens with zero attached hydrogens (tertiary/aromatic N) is 4. The highest BCUT2D eigenvalue weighted by Crippen LogP contribution is 2.16. The fourth-order valence-corrected chi connectivity index (χ4v) is 1.73. The Bertz CT molecular complexity index is 202. The molecule has 13 heavy (non-hydrogen) atoms. The number of rotatable bonds is 3. The van der Waals surface area contributed by atoms with Gasteiger partial charge in [-0.1, -0.05) is 5.11 Å². The van der Waals surface area contributed by atoms with Gasteiger partial charge < -0.3 is 5.11 Å². The number of hydrogen-bond donors (Lipinski definition) is 1. The highest BCUT2D eigenvalue weighted by atomic mass is 16.3. The van der Waals surface area contributed by atoms with Gasteiger partial charge in [0.15, 0.2) is 0 Å². The number of azide groups is 1. The Labute approximate surface area is 78.0 Å². The van der Waals surface area contributed by atoms with Crippen LogP contribution in [0.1, 0.15) is 19.8 Å². The van der Waals surface area contributed by atoms with Gasteiger partial charge in [0.1, 0.15) is 0 Å². The first-order chi connectivity index (χ1) is 6.25. The van der Waals surface area contributed by atoms with E-state index < -0.39 is 0 Å². The molecule has 0 spiro atoms. The number of aliphatic hydroxyl groups excluding tert-OH is 1. The summed E-state index contributed by atoms with van der Waals surface area (Å²) in [7, 11) is 0. The molecule has 0 radical (unpaired) electrons. The molecule has 0 aromatic rings. The molecule has 2 unspecified atom stereocenters. The van der Waals surface area contributed by atoms with E-state index in [-0.39, 0.29) is 12.1 Å². The molecule has 0 saturated carbocycles. The third-order valence-corrected chi connectivity index (χ3v) is 2.63. The Balaban J connectivity index is 2.34. The Morgan fingerprint density at radius 3 is 3.15 bits per heavy atom. The molecule has 0 aromatic carbocycles. The molecule has 5 nitrogen and oxygen atoms in total. The van der Waals surface area contributed by atoms with Crippen molar-refractivity contribution in [2.75, 3.05) is 19.6 Å². The fourth-order valence-electron chi connectivity index (χ4n) is 1.73. The van der Waals surface area contributed by atoms with Gasteiger partial charge in [0.25, 0.3) is 0 Å². The van der Waals surface area contributed by atoms with Crippen LogP contribution in [0.5, 0.6) is 0 Å². The molecule has 5 heteroatoms. The quantitative estimate of drug-likeness (QED) is 0.406. The van der Waals surface area contributed by atoms with Gasteiger partial charge >= 0.3 is 0 Å². The molecule has 0 aliphatic carbocycles. The van der Waals surface area contributed by atoms with E-state index in [4.69, 9.17) is 5.53 Å². The maximum Gasteiger partial charge on any atom is 0.0693 e. The van der Waals surface area contributed by atoms with Crippen molar-refractivity contribution in [3.63, 3.8) is 0 Å². The third kappa shape index (κ3) is 2.88. The number of hydrogen-bond acceptors (Lipinski definition) is 3. The van der Waals surface area contributed by atoms with E-state index in [0.29, 0.717) is 6.54 Å². The summed E-state index contributed by atoms with van der Waals surface area (Å²) in [4.78, 5) is 4.87. The molecule has 1 aliphatic heterocycles. The van der Waals surface area contributed by atoms with Gasteiger partial charge in [-0.25, -0.2) is 0 Å². The van der Waals surface area contributed by atoms with Crippen molar-refractivity contribution < 1.29 is 5.11 Å². The average Bonchev–Trinajstić information content (AvgIpc) is 2.13. The lowest BCUT2D eigenvalue weighted by Crippen LogP contribution is -2.47. The fraction of sp³-hybridized carbons (Fsp3) is 1.00. The van der Waals surface area contributed by atoms with E-state index in [9.17, 15) is 5.11 Å². The van der Waals surface area contributed by atoms with E-state index >= 15 is 0 Å². The zero-order chi connectivity index (χ0) is 9.68. The van der Waals surface area contributed by atoms with Gasteiger partial charge in [-0.05, 0) is 31.8 Å². The molecular weight excluding hydrogens is 168 g/mol. The smallest absolute Gasteiger partial charge is 0.0693 e. The van der Waals surface area contributed by atoms with E-state index in [2.05, 4.69) is 14.9 Å². The van der Waals surface area contributed by atoms with Crippen molar-refractivity contribution in [1.29, 1.82) is 0 Å². The Kier molecular flexibility index (Phi) is 4.02. The first kappa shape index (κ1) is 10.3. The van der Waals surface area contributed by atoms with Gasteiger partial charge in [-0.2, -0.15) is 0 Å². The highest BCUT2D eigenvalue weighted by molar-refractivity contribution is 4.80. The van der Waals surface area contributed by atoms with Crippen molar-refractivity contribution >= 4 is 0 Å². The minimum Gasteiger partial charge on any atom is -0.392 e. The SMILES string of the molecule is CC1C(O)CCCN1CCN=[N+]=[N-]. The van der Waals surface area contributed by atoms with Crippen molar-refractivity contribution in [1.82, 2.24) is 4.90 Å². The minimum atomic E-state index is -0.222. The van der Waals surface area contributed by atoms with Crippen molar-refractivity contribution in [2.45, 2.75) is 31.9 Å². The summed E-state index contributed by atoms with van der Waals surface area (Å²) in [6.07, 6.45) is 1.70. The molecule has 1 heterocycles. The van der Waals surface area contributed by atoms with Crippen LogP contribution in [0.15, 0.2) is 5.11 Å². The first-order valence-electron chi connectivity index (χ1n) is 4.68. The van der Waals surface area contributed by atoms with Gasteiger partial charge in [0.2, 0.25) is 0 Å². The first-order valence-corrected chi connectivity index (χ1v) is 4.68. The minimum absolute atomic E-state index is 0.197. The standard InChI is InChI=1S/C8H16N4O/c1-7-8(13)3-2-5-12(7)6-4-10-11-9/h7-8,13H,2-6H2,1H3. The number of piperidine rings is 1. The molecule has 0 bridgehead atoms. The second kappa shape index (κ2) is 5.07. The molecule has 2 atom stereocenters. The topological polar surface area (TPSA) is 72.2 Å². The van der Waals surface area contributed by atoms with Crippen LogP contribution in [0, 0.1) is 0 Å². The van der Waals surface area contributed by atoms with E-state index in [1.165, 1.54) is 0 Å². The molecule has 0 aromatic heterocycles. The summed E-state index contributed by atoms with van der Waals surface area (Å²) >= 11 is 0. The molecule has 1 saturated heterocycles. The molecule has 1 N–H and O–H groups in total. The molecule has 74 valence electrons. The van der Waals surface area contributed by atoms with Crippen LogP contribution < -0.4 is 0 Å². The summed E-state index contributed by atoms with van der Waals surface area (Å²) in [5, 5.41) is 13.0. The summed E-state index contributed by atoms with van der Waals surface area (Å²) in [5.74, 6) is 0. The monoisotopic (exact) mass is 184 g/mol.